The Morgan fingerprint density at radius 1 is 1.25 bits per heavy atom. The SMILES string of the molecule is CCNC(=O)c1ccc(OCCOC)cc1. The smallest absolute Gasteiger partial charge is 0.251 e. The highest BCUT2D eigenvalue weighted by Crippen LogP contribution is 2.11. The van der Waals surface area contributed by atoms with Gasteiger partial charge in [-0.1, -0.05) is 0 Å². The van der Waals surface area contributed by atoms with Crippen molar-refractivity contribution in [2.75, 3.05) is 26.9 Å². The molecule has 0 aromatic heterocycles. The van der Waals surface area contributed by atoms with Crippen LogP contribution in [0.15, 0.2) is 24.3 Å². The van der Waals surface area contributed by atoms with Crippen LogP contribution >= 0.6 is 0 Å². The molecule has 0 saturated heterocycles. The standard InChI is InChI=1S/C12H17NO3/c1-3-13-12(14)10-4-6-11(7-5-10)16-9-8-15-2/h4-7H,3,8-9H2,1-2H3,(H,13,14). The number of carbonyl (C=O) groups excluding carboxylic acids is 1. The molecule has 0 atom stereocenters. The van der Waals surface area contributed by atoms with Crippen LogP contribution in [0.4, 0.5) is 0 Å². The van der Waals surface area contributed by atoms with E-state index in [9.17, 15) is 4.79 Å². The van der Waals surface area contributed by atoms with Crippen LogP contribution in [-0.4, -0.2) is 32.8 Å². The molecule has 0 fully saturated rings. The van der Waals surface area contributed by atoms with E-state index >= 15 is 0 Å². The van der Waals surface area contributed by atoms with Gasteiger partial charge >= 0.3 is 0 Å². The van der Waals surface area contributed by atoms with Crippen LogP contribution in [0.3, 0.4) is 0 Å². The number of methoxy groups -OCH3 is 1. The fraction of sp³-hybridized carbons (Fsp3) is 0.417. The third-order valence-electron chi connectivity index (χ3n) is 2.01. The molecule has 0 radical (unpaired) electrons. The minimum absolute atomic E-state index is 0.0639. The average molecular weight is 223 g/mol. The summed E-state index contributed by atoms with van der Waals surface area (Å²) in [7, 11) is 1.63. The molecule has 0 heterocycles. The van der Waals surface area contributed by atoms with Crippen LogP contribution in [0, 0.1) is 0 Å². The lowest BCUT2D eigenvalue weighted by Gasteiger charge is -2.06. The molecule has 0 unspecified atom stereocenters. The van der Waals surface area contributed by atoms with Crippen molar-refractivity contribution in [3.8, 4) is 5.75 Å². The number of carbonyl (C=O) groups is 1. The average Bonchev–Trinajstić information content (AvgIpc) is 2.30. The summed E-state index contributed by atoms with van der Waals surface area (Å²) < 4.78 is 10.3. The summed E-state index contributed by atoms with van der Waals surface area (Å²) in [6.45, 7) is 3.58. The van der Waals surface area contributed by atoms with E-state index in [1.807, 2.05) is 6.92 Å². The fourth-order valence-corrected chi connectivity index (χ4v) is 1.21. The Labute approximate surface area is 95.6 Å². The second kappa shape index (κ2) is 6.85. The highest BCUT2D eigenvalue weighted by Gasteiger charge is 2.03. The molecular weight excluding hydrogens is 206 g/mol. The van der Waals surface area contributed by atoms with Gasteiger partial charge in [0.15, 0.2) is 0 Å². The first kappa shape index (κ1) is 12.5. The largest absolute Gasteiger partial charge is 0.491 e. The molecule has 1 aromatic carbocycles. The van der Waals surface area contributed by atoms with Crippen LogP contribution in [0.1, 0.15) is 17.3 Å². The molecule has 0 bridgehead atoms. The van der Waals surface area contributed by atoms with E-state index in [2.05, 4.69) is 5.32 Å². The molecule has 1 aromatic rings. The minimum Gasteiger partial charge on any atom is -0.491 e. The van der Waals surface area contributed by atoms with Crippen molar-refractivity contribution in [3.05, 3.63) is 29.8 Å². The molecule has 88 valence electrons. The second-order valence-electron chi connectivity index (χ2n) is 3.23. The summed E-state index contributed by atoms with van der Waals surface area (Å²) in [5.74, 6) is 0.677. The molecule has 16 heavy (non-hydrogen) atoms. The van der Waals surface area contributed by atoms with Gasteiger partial charge in [0.25, 0.3) is 5.91 Å². The highest BCUT2D eigenvalue weighted by atomic mass is 16.5. The van der Waals surface area contributed by atoms with E-state index in [0.717, 1.165) is 5.75 Å². The Morgan fingerprint density at radius 2 is 1.94 bits per heavy atom. The van der Waals surface area contributed by atoms with Gasteiger partial charge in [-0.15, -0.1) is 0 Å². The fourth-order valence-electron chi connectivity index (χ4n) is 1.21. The molecule has 0 aliphatic rings. The maximum atomic E-state index is 11.4. The lowest BCUT2D eigenvalue weighted by molar-refractivity contribution is 0.0955. The Bertz CT molecular complexity index is 322. The van der Waals surface area contributed by atoms with Gasteiger partial charge in [0.05, 0.1) is 6.61 Å². The number of ether oxygens (including phenoxy) is 2. The predicted molar refractivity (Wildman–Crippen MR) is 61.8 cm³/mol. The predicted octanol–water partition coefficient (Wildman–Crippen LogP) is 1.46. The van der Waals surface area contributed by atoms with Crippen molar-refractivity contribution in [2.24, 2.45) is 0 Å². The summed E-state index contributed by atoms with van der Waals surface area (Å²) in [6.07, 6.45) is 0. The molecule has 1 rings (SSSR count). The van der Waals surface area contributed by atoms with E-state index in [0.29, 0.717) is 25.3 Å². The first-order valence-electron chi connectivity index (χ1n) is 5.28. The molecule has 0 aliphatic carbocycles. The Kier molecular flexibility index (Phi) is 5.36. The first-order chi connectivity index (χ1) is 7.77. The van der Waals surface area contributed by atoms with Crippen LogP contribution in [0.5, 0.6) is 5.75 Å². The van der Waals surface area contributed by atoms with E-state index in [4.69, 9.17) is 9.47 Å². The summed E-state index contributed by atoms with van der Waals surface area (Å²) in [5.41, 5.74) is 0.640. The van der Waals surface area contributed by atoms with E-state index in [-0.39, 0.29) is 5.91 Å². The molecular formula is C12H17NO3. The lowest BCUT2D eigenvalue weighted by atomic mass is 10.2. The van der Waals surface area contributed by atoms with Gasteiger partial charge in [-0.3, -0.25) is 4.79 Å². The van der Waals surface area contributed by atoms with Gasteiger partial charge in [0, 0.05) is 19.2 Å². The van der Waals surface area contributed by atoms with E-state index in [1.165, 1.54) is 0 Å². The molecule has 0 aliphatic heterocycles. The molecule has 0 spiro atoms. The van der Waals surface area contributed by atoms with Crippen molar-refractivity contribution in [3.63, 3.8) is 0 Å². The number of nitrogens with one attached hydrogen (secondary N) is 1. The van der Waals surface area contributed by atoms with Gasteiger partial charge in [-0.25, -0.2) is 0 Å². The third kappa shape index (κ3) is 3.90. The van der Waals surface area contributed by atoms with Gasteiger partial charge < -0.3 is 14.8 Å². The Hall–Kier alpha value is -1.55. The van der Waals surface area contributed by atoms with Crippen LogP contribution < -0.4 is 10.1 Å². The zero-order valence-corrected chi connectivity index (χ0v) is 9.66. The quantitative estimate of drug-likeness (QED) is 0.743. The minimum atomic E-state index is -0.0639. The number of amides is 1. The van der Waals surface area contributed by atoms with Crippen LogP contribution in [0.2, 0.25) is 0 Å². The second-order valence-corrected chi connectivity index (χ2v) is 3.23. The number of hydrogen-bond donors (Lipinski definition) is 1. The van der Waals surface area contributed by atoms with Crippen LogP contribution in [-0.2, 0) is 4.74 Å². The number of rotatable bonds is 6. The zero-order valence-electron chi connectivity index (χ0n) is 9.66. The van der Waals surface area contributed by atoms with Gasteiger partial charge in [-0.2, -0.15) is 0 Å². The maximum Gasteiger partial charge on any atom is 0.251 e. The summed E-state index contributed by atoms with van der Waals surface area (Å²) in [4.78, 5) is 11.4. The van der Waals surface area contributed by atoms with Crippen molar-refractivity contribution < 1.29 is 14.3 Å². The molecule has 4 heteroatoms. The number of hydrogen-bond acceptors (Lipinski definition) is 3. The Balaban J connectivity index is 2.50. The van der Waals surface area contributed by atoms with Crippen LogP contribution in [0.25, 0.3) is 0 Å². The van der Waals surface area contributed by atoms with Crippen molar-refractivity contribution in [1.82, 2.24) is 5.32 Å². The van der Waals surface area contributed by atoms with Gasteiger partial charge in [0.1, 0.15) is 12.4 Å². The van der Waals surface area contributed by atoms with Gasteiger partial charge in [0.2, 0.25) is 0 Å². The molecule has 0 saturated carbocycles. The maximum absolute atomic E-state index is 11.4. The highest BCUT2D eigenvalue weighted by molar-refractivity contribution is 5.94. The van der Waals surface area contributed by atoms with E-state index < -0.39 is 0 Å². The van der Waals surface area contributed by atoms with Gasteiger partial charge in [-0.05, 0) is 31.2 Å². The molecule has 1 N–H and O–H groups in total. The first-order valence-corrected chi connectivity index (χ1v) is 5.28. The molecule has 4 nitrogen and oxygen atoms in total. The third-order valence-corrected chi connectivity index (χ3v) is 2.01. The molecule has 1 amide bonds. The summed E-state index contributed by atoms with van der Waals surface area (Å²) in [5, 5.41) is 2.73. The van der Waals surface area contributed by atoms with Crippen molar-refractivity contribution in [2.45, 2.75) is 6.92 Å². The summed E-state index contributed by atoms with van der Waals surface area (Å²) in [6, 6.07) is 7.04. The Morgan fingerprint density at radius 3 is 2.50 bits per heavy atom. The monoisotopic (exact) mass is 223 g/mol. The lowest BCUT2D eigenvalue weighted by Crippen LogP contribution is -2.22. The normalized spacial score (nSPS) is 9.88. The number of benzene rings is 1. The zero-order chi connectivity index (χ0) is 11.8. The van der Waals surface area contributed by atoms with E-state index in [1.54, 1.807) is 31.4 Å². The topological polar surface area (TPSA) is 47.6 Å². The summed E-state index contributed by atoms with van der Waals surface area (Å²) >= 11 is 0. The van der Waals surface area contributed by atoms with Crippen molar-refractivity contribution >= 4 is 5.91 Å². The van der Waals surface area contributed by atoms with Crippen molar-refractivity contribution in [1.29, 1.82) is 0 Å².